The predicted molar refractivity (Wildman–Crippen MR) is 61.8 cm³/mol. The van der Waals surface area contributed by atoms with Gasteiger partial charge in [0.15, 0.2) is 0 Å². The van der Waals surface area contributed by atoms with Crippen molar-refractivity contribution in [2.24, 2.45) is 0 Å². The van der Waals surface area contributed by atoms with Crippen LogP contribution in [0.25, 0.3) is 0 Å². The summed E-state index contributed by atoms with van der Waals surface area (Å²) < 4.78 is 0. The first-order chi connectivity index (χ1) is 6.42. The molecule has 1 aromatic heterocycles. The van der Waals surface area contributed by atoms with E-state index in [1.54, 1.807) is 11.3 Å². The summed E-state index contributed by atoms with van der Waals surface area (Å²) in [5, 5.41) is 15.5. The van der Waals surface area contributed by atoms with E-state index in [0.717, 1.165) is 5.56 Å². The van der Waals surface area contributed by atoms with Gasteiger partial charge < -0.3 is 10.4 Å². The van der Waals surface area contributed by atoms with Gasteiger partial charge in [0, 0.05) is 17.5 Å². The highest BCUT2D eigenvalue weighted by Crippen LogP contribution is 2.24. The summed E-state index contributed by atoms with van der Waals surface area (Å²) >= 11 is 1.68. The topological polar surface area (TPSA) is 32.3 Å². The number of hydrogen-bond acceptors (Lipinski definition) is 3. The third-order valence-electron chi connectivity index (χ3n) is 2.21. The predicted octanol–water partition coefficient (Wildman–Crippen LogP) is 2.26. The van der Waals surface area contributed by atoms with Gasteiger partial charge in [0.1, 0.15) is 0 Å². The SMILES string of the molecule is Cc1cc(C(C)(O)CNC(C)C)cs1. The van der Waals surface area contributed by atoms with Gasteiger partial charge in [-0.25, -0.2) is 0 Å². The highest BCUT2D eigenvalue weighted by Gasteiger charge is 2.23. The summed E-state index contributed by atoms with van der Waals surface area (Å²) in [6.07, 6.45) is 0. The maximum Gasteiger partial charge on any atom is 0.1000 e. The summed E-state index contributed by atoms with van der Waals surface area (Å²) in [7, 11) is 0. The Labute approximate surface area is 90.0 Å². The van der Waals surface area contributed by atoms with Crippen molar-refractivity contribution in [1.29, 1.82) is 0 Å². The number of thiophene rings is 1. The molecule has 1 unspecified atom stereocenters. The lowest BCUT2D eigenvalue weighted by molar-refractivity contribution is 0.0553. The van der Waals surface area contributed by atoms with Gasteiger partial charge in [-0.1, -0.05) is 13.8 Å². The lowest BCUT2D eigenvalue weighted by Gasteiger charge is -2.24. The molecule has 3 heteroatoms. The second kappa shape index (κ2) is 4.43. The molecule has 0 radical (unpaired) electrons. The van der Waals surface area contributed by atoms with Crippen molar-refractivity contribution >= 4 is 11.3 Å². The highest BCUT2D eigenvalue weighted by atomic mass is 32.1. The monoisotopic (exact) mass is 213 g/mol. The number of aliphatic hydroxyl groups is 1. The highest BCUT2D eigenvalue weighted by molar-refractivity contribution is 7.10. The van der Waals surface area contributed by atoms with E-state index in [2.05, 4.69) is 26.1 Å². The quantitative estimate of drug-likeness (QED) is 0.804. The Morgan fingerprint density at radius 1 is 1.57 bits per heavy atom. The molecule has 0 saturated heterocycles. The van der Waals surface area contributed by atoms with Crippen LogP contribution in [-0.2, 0) is 5.60 Å². The van der Waals surface area contributed by atoms with Gasteiger partial charge in [-0.2, -0.15) is 0 Å². The Kier molecular flexibility index (Phi) is 3.70. The van der Waals surface area contributed by atoms with Crippen molar-refractivity contribution < 1.29 is 5.11 Å². The molecule has 14 heavy (non-hydrogen) atoms. The molecule has 0 aliphatic carbocycles. The smallest absolute Gasteiger partial charge is 0.1000 e. The lowest BCUT2D eigenvalue weighted by Crippen LogP contribution is -2.38. The van der Waals surface area contributed by atoms with Crippen molar-refractivity contribution in [2.45, 2.75) is 39.3 Å². The Bertz CT molecular complexity index is 291. The third-order valence-corrected chi connectivity index (χ3v) is 3.07. The number of hydrogen-bond donors (Lipinski definition) is 2. The zero-order valence-electron chi connectivity index (χ0n) is 9.29. The fourth-order valence-electron chi connectivity index (χ4n) is 1.23. The van der Waals surface area contributed by atoms with Crippen LogP contribution >= 0.6 is 11.3 Å². The van der Waals surface area contributed by atoms with Gasteiger partial charge in [-0.05, 0) is 30.9 Å². The molecular weight excluding hydrogens is 194 g/mol. The van der Waals surface area contributed by atoms with E-state index in [-0.39, 0.29) is 0 Å². The molecule has 0 spiro atoms. The van der Waals surface area contributed by atoms with Crippen LogP contribution in [0.4, 0.5) is 0 Å². The minimum Gasteiger partial charge on any atom is -0.384 e. The zero-order valence-corrected chi connectivity index (χ0v) is 10.1. The average Bonchev–Trinajstić information content (AvgIpc) is 2.49. The molecule has 0 amide bonds. The fourth-order valence-corrected chi connectivity index (χ4v) is 2.06. The maximum absolute atomic E-state index is 10.2. The van der Waals surface area contributed by atoms with Gasteiger partial charge in [-0.3, -0.25) is 0 Å². The van der Waals surface area contributed by atoms with E-state index in [9.17, 15) is 5.11 Å². The summed E-state index contributed by atoms with van der Waals surface area (Å²) in [6.45, 7) is 8.66. The summed E-state index contributed by atoms with van der Waals surface area (Å²) in [5.41, 5.74) is 0.253. The van der Waals surface area contributed by atoms with Gasteiger partial charge in [0.2, 0.25) is 0 Å². The minimum absolute atomic E-state index is 0.404. The van der Waals surface area contributed by atoms with Crippen LogP contribution in [0, 0.1) is 6.92 Å². The second-order valence-corrected chi connectivity index (χ2v) is 5.37. The van der Waals surface area contributed by atoms with Crippen molar-refractivity contribution in [2.75, 3.05) is 6.54 Å². The summed E-state index contributed by atoms with van der Waals surface area (Å²) in [4.78, 5) is 1.24. The van der Waals surface area contributed by atoms with E-state index in [1.807, 2.05) is 18.4 Å². The molecule has 0 aliphatic heterocycles. The van der Waals surface area contributed by atoms with E-state index in [4.69, 9.17) is 0 Å². The maximum atomic E-state index is 10.2. The van der Waals surface area contributed by atoms with Crippen LogP contribution in [0.1, 0.15) is 31.2 Å². The summed E-state index contributed by atoms with van der Waals surface area (Å²) in [6, 6.07) is 2.45. The van der Waals surface area contributed by atoms with Crippen LogP contribution < -0.4 is 5.32 Å². The van der Waals surface area contributed by atoms with Crippen molar-refractivity contribution in [1.82, 2.24) is 5.32 Å². The molecule has 1 aromatic rings. The molecule has 0 bridgehead atoms. The standard InChI is InChI=1S/C11H19NOS/c1-8(2)12-7-11(4,13)10-5-9(3)14-6-10/h5-6,8,12-13H,7H2,1-4H3. The Balaban J connectivity index is 2.65. The van der Waals surface area contributed by atoms with Crippen molar-refractivity contribution in [3.05, 3.63) is 21.9 Å². The fraction of sp³-hybridized carbons (Fsp3) is 0.636. The molecular formula is C11H19NOS. The Morgan fingerprint density at radius 3 is 2.64 bits per heavy atom. The largest absolute Gasteiger partial charge is 0.384 e. The molecule has 1 atom stereocenters. The van der Waals surface area contributed by atoms with Crippen molar-refractivity contribution in [3.8, 4) is 0 Å². The first-order valence-corrected chi connectivity index (χ1v) is 5.81. The van der Waals surface area contributed by atoms with E-state index in [0.29, 0.717) is 12.6 Å². The van der Waals surface area contributed by atoms with Crippen LogP contribution in [0.3, 0.4) is 0 Å². The number of aryl methyl sites for hydroxylation is 1. The lowest BCUT2D eigenvalue weighted by atomic mass is 9.98. The second-order valence-electron chi connectivity index (χ2n) is 4.26. The Morgan fingerprint density at radius 2 is 2.21 bits per heavy atom. The molecule has 0 aromatic carbocycles. The van der Waals surface area contributed by atoms with Gasteiger partial charge in [0.05, 0.1) is 5.60 Å². The van der Waals surface area contributed by atoms with Gasteiger partial charge >= 0.3 is 0 Å². The molecule has 0 aliphatic rings. The molecule has 80 valence electrons. The van der Waals surface area contributed by atoms with Crippen LogP contribution in [0.2, 0.25) is 0 Å². The van der Waals surface area contributed by atoms with Gasteiger partial charge in [0.25, 0.3) is 0 Å². The molecule has 2 N–H and O–H groups in total. The summed E-state index contributed by atoms with van der Waals surface area (Å²) in [5.74, 6) is 0. The van der Waals surface area contributed by atoms with Crippen LogP contribution in [-0.4, -0.2) is 17.7 Å². The molecule has 0 fully saturated rings. The zero-order chi connectivity index (χ0) is 10.8. The van der Waals surface area contributed by atoms with Crippen molar-refractivity contribution in [3.63, 3.8) is 0 Å². The van der Waals surface area contributed by atoms with Crippen LogP contribution in [0.5, 0.6) is 0 Å². The van der Waals surface area contributed by atoms with E-state index in [1.165, 1.54) is 4.88 Å². The van der Waals surface area contributed by atoms with Crippen LogP contribution in [0.15, 0.2) is 11.4 Å². The molecule has 1 heterocycles. The molecule has 2 nitrogen and oxygen atoms in total. The normalized spacial score (nSPS) is 15.9. The minimum atomic E-state index is -0.755. The number of nitrogens with one attached hydrogen (secondary N) is 1. The average molecular weight is 213 g/mol. The Hall–Kier alpha value is -0.380. The van der Waals surface area contributed by atoms with E-state index >= 15 is 0 Å². The molecule has 1 rings (SSSR count). The first kappa shape index (κ1) is 11.7. The molecule has 0 saturated carbocycles. The number of rotatable bonds is 4. The van der Waals surface area contributed by atoms with Gasteiger partial charge in [-0.15, -0.1) is 11.3 Å². The third kappa shape index (κ3) is 3.08. The first-order valence-electron chi connectivity index (χ1n) is 4.93. The van der Waals surface area contributed by atoms with E-state index < -0.39 is 5.60 Å².